The van der Waals surface area contributed by atoms with Gasteiger partial charge in [-0.25, -0.2) is 0 Å². The average molecular weight is 383 g/mol. The van der Waals surface area contributed by atoms with Crippen LogP contribution in [0.2, 0.25) is 0 Å². The van der Waals surface area contributed by atoms with Crippen molar-refractivity contribution in [2.45, 2.75) is 38.7 Å². The number of nitrogens with one attached hydrogen (secondary N) is 1. The number of rotatable bonds is 8. The first kappa shape index (κ1) is 20.2. The fourth-order valence-electron chi connectivity index (χ4n) is 3.70. The average Bonchev–Trinajstić information content (AvgIpc) is 2.73. The van der Waals surface area contributed by atoms with Gasteiger partial charge in [0.05, 0.1) is 20.3 Å². The molecular weight excluding hydrogens is 354 g/mol. The summed E-state index contributed by atoms with van der Waals surface area (Å²) < 4.78 is 16.8. The van der Waals surface area contributed by atoms with E-state index in [-0.39, 0.29) is 12.0 Å². The van der Waals surface area contributed by atoms with Crippen LogP contribution in [0.4, 0.5) is 0 Å². The topological polar surface area (TPSA) is 56.8 Å². The minimum absolute atomic E-state index is 0.139. The molecule has 0 aliphatic heterocycles. The fourth-order valence-corrected chi connectivity index (χ4v) is 3.70. The van der Waals surface area contributed by atoms with E-state index in [1.165, 1.54) is 11.1 Å². The Bertz CT molecular complexity index is 793. The van der Waals surface area contributed by atoms with Crippen molar-refractivity contribution in [2.24, 2.45) is 0 Å². The molecule has 1 aliphatic rings. The van der Waals surface area contributed by atoms with E-state index in [4.69, 9.17) is 14.2 Å². The summed E-state index contributed by atoms with van der Waals surface area (Å²) in [7, 11) is 3.18. The Hall–Kier alpha value is -2.53. The van der Waals surface area contributed by atoms with Crippen molar-refractivity contribution in [3.05, 3.63) is 58.7 Å². The van der Waals surface area contributed by atoms with Crippen molar-refractivity contribution < 1.29 is 19.0 Å². The van der Waals surface area contributed by atoms with Crippen molar-refractivity contribution in [1.29, 1.82) is 0 Å². The summed E-state index contributed by atoms with van der Waals surface area (Å²) in [5.41, 5.74) is 4.12. The maximum atomic E-state index is 12.5. The number of benzene rings is 2. The summed E-state index contributed by atoms with van der Waals surface area (Å²) >= 11 is 0. The Kier molecular flexibility index (Phi) is 6.93. The molecule has 0 saturated heterocycles. The van der Waals surface area contributed by atoms with Crippen molar-refractivity contribution in [1.82, 2.24) is 5.32 Å². The Balaban J connectivity index is 1.48. The summed E-state index contributed by atoms with van der Waals surface area (Å²) in [6.45, 7) is 3.09. The maximum Gasteiger partial charge on any atom is 0.251 e. The first-order valence-electron chi connectivity index (χ1n) is 9.84. The molecule has 1 amide bonds. The van der Waals surface area contributed by atoms with Crippen LogP contribution in [0, 0.1) is 6.92 Å². The molecule has 28 heavy (non-hydrogen) atoms. The van der Waals surface area contributed by atoms with Crippen molar-refractivity contribution in [3.8, 4) is 11.5 Å². The molecule has 0 heterocycles. The van der Waals surface area contributed by atoms with Gasteiger partial charge in [0.1, 0.15) is 11.5 Å². The predicted molar refractivity (Wildman–Crippen MR) is 109 cm³/mol. The summed E-state index contributed by atoms with van der Waals surface area (Å²) in [4.78, 5) is 12.5. The molecule has 0 bridgehead atoms. The van der Waals surface area contributed by atoms with Crippen molar-refractivity contribution >= 4 is 5.91 Å². The molecule has 0 fully saturated rings. The highest BCUT2D eigenvalue weighted by molar-refractivity contribution is 5.95. The van der Waals surface area contributed by atoms with E-state index in [9.17, 15) is 4.79 Å². The number of hydrogen-bond donors (Lipinski definition) is 1. The molecule has 0 radical (unpaired) electrons. The summed E-state index contributed by atoms with van der Waals surface area (Å²) in [6, 6.07) is 12.0. The van der Waals surface area contributed by atoms with Gasteiger partial charge in [-0.05, 0) is 55.9 Å². The van der Waals surface area contributed by atoms with E-state index in [2.05, 4.69) is 29.6 Å². The molecule has 5 nitrogen and oxygen atoms in total. The molecule has 3 rings (SSSR count). The van der Waals surface area contributed by atoms with Gasteiger partial charge in [-0.2, -0.15) is 0 Å². The number of hydrogen-bond acceptors (Lipinski definition) is 4. The monoisotopic (exact) mass is 383 g/mol. The van der Waals surface area contributed by atoms with Crippen molar-refractivity contribution in [2.75, 3.05) is 27.4 Å². The number of ether oxygens (including phenoxy) is 3. The number of fused-ring (bicyclic) bond motifs is 1. The second-order valence-electron chi connectivity index (χ2n) is 7.07. The van der Waals surface area contributed by atoms with E-state index < -0.39 is 0 Å². The van der Waals surface area contributed by atoms with E-state index >= 15 is 0 Å². The highest BCUT2D eigenvalue weighted by atomic mass is 16.5. The lowest BCUT2D eigenvalue weighted by Crippen LogP contribution is -2.25. The number of carbonyl (C=O) groups excluding carboxylic acids is 1. The molecule has 0 aromatic heterocycles. The predicted octanol–water partition coefficient (Wildman–Crippen LogP) is 4.23. The van der Waals surface area contributed by atoms with Crippen LogP contribution in [0.1, 0.15) is 52.4 Å². The zero-order valence-electron chi connectivity index (χ0n) is 16.9. The molecule has 1 aliphatic carbocycles. The minimum Gasteiger partial charge on any atom is -0.496 e. The van der Waals surface area contributed by atoms with Gasteiger partial charge < -0.3 is 19.5 Å². The van der Waals surface area contributed by atoms with Crippen LogP contribution in [0.5, 0.6) is 11.5 Å². The van der Waals surface area contributed by atoms with Crippen LogP contribution in [0.25, 0.3) is 0 Å². The molecule has 1 N–H and O–H groups in total. The third-order valence-corrected chi connectivity index (χ3v) is 5.25. The quantitative estimate of drug-likeness (QED) is 0.693. The van der Waals surface area contributed by atoms with Gasteiger partial charge in [-0.15, -0.1) is 0 Å². The standard InChI is InChI=1S/C23H29NO4/c1-16-21(26-2)14-18(15-22(16)27-3)23(25)24-12-7-13-28-20-11-6-9-17-8-4-5-10-19(17)20/h4-5,8,10,14-15,20H,6-7,9,11-13H2,1-3H3,(H,24,25). The van der Waals surface area contributed by atoms with Gasteiger partial charge in [0.25, 0.3) is 5.91 Å². The molecule has 150 valence electrons. The largest absolute Gasteiger partial charge is 0.496 e. The Morgan fingerprint density at radius 2 is 1.86 bits per heavy atom. The van der Waals surface area contributed by atoms with Crippen LogP contribution >= 0.6 is 0 Å². The summed E-state index contributed by atoms with van der Waals surface area (Å²) in [5.74, 6) is 1.15. The zero-order chi connectivity index (χ0) is 19.9. The second kappa shape index (κ2) is 9.60. The highest BCUT2D eigenvalue weighted by Gasteiger charge is 2.20. The number of amides is 1. The van der Waals surface area contributed by atoms with E-state index in [1.807, 2.05) is 6.92 Å². The first-order valence-corrected chi connectivity index (χ1v) is 9.84. The summed E-state index contributed by atoms with van der Waals surface area (Å²) in [5, 5.41) is 2.95. The number of aryl methyl sites for hydroxylation is 1. The van der Waals surface area contributed by atoms with Gasteiger partial charge in [-0.3, -0.25) is 4.79 Å². The van der Waals surface area contributed by atoms with E-state index in [0.29, 0.717) is 30.2 Å². The lowest BCUT2D eigenvalue weighted by atomic mass is 9.89. The Labute approximate surface area is 167 Å². The third kappa shape index (κ3) is 4.65. The van der Waals surface area contributed by atoms with Gasteiger partial charge in [0, 0.05) is 24.3 Å². The second-order valence-corrected chi connectivity index (χ2v) is 7.07. The molecule has 2 aromatic rings. The minimum atomic E-state index is -0.139. The zero-order valence-corrected chi connectivity index (χ0v) is 16.9. The Morgan fingerprint density at radius 1 is 1.14 bits per heavy atom. The number of methoxy groups -OCH3 is 2. The first-order chi connectivity index (χ1) is 13.6. The van der Waals surface area contributed by atoms with E-state index in [0.717, 1.165) is 31.2 Å². The summed E-state index contributed by atoms with van der Waals surface area (Å²) in [6.07, 6.45) is 4.30. The highest BCUT2D eigenvalue weighted by Crippen LogP contribution is 2.32. The van der Waals surface area contributed by atoms with Crippen LogP contribution in [-0.2, 0) is 11.2 Å². The van der Waals surface area contributed by atoms with Crippen LogP contribution in [0.15, 0.2) is 36.4 Å². The molecule has 0 spiro atoms. The fraction of sp³-hybridized carbons (Fsp3) is 0.435. The molecule has 0 saturated carbocycles. The van der Waals surface area contributed by atoms with Gasteiger partial charge >= 0.3 is 0 Å². The van der Waals surface area contributed by atoms with Gasteiger partial charge in [0.15, 0.2) is 0 Å². The molecule has 1 unspecified atom stereocenters. The SMILES string of the molecule is COc1cc(C(=O)NCCCOC2CCCc3ccccc32)cc(OC)c1C. The van der Waals surface area contributed by atoms with Crippen LogP contribution < -0.4 is 14.8 Å². The Morgan fingerprint density at radius 3 is 2.57 bits per heavy atom. The maximum absolute atomic E-state index is 12.5. The van der Waals surface area contributed by atoms with Crippen molar-refractivity contribution in [3.63, 3.8) is 0 Å². The van der Waals surface area contributed by atoms with Crippen LogP contribution in [0.3, 0.4) is 0 Å². The lowest BCUT2D eigenvalue weighted by Gasteiger charge is -2.25. The molecule has 1 atom stereocenters. The molecular formula is C23H29NO4. The molecule has 5 heteroatoms. The van der Waals surface area contributed by atoms with Gasteiger partial charge in [0.2, 0.25) is 0 Å². The van der Waals surface area contributed by atoms with Crippen LogP contribution in [-0.4, -0.2) is 33.3 Å². The van der Waals surface area contributed by atoms with E-state index in [1.54, 1.807) is 26.4 Å². The smallest absolute Gasteiger partial charge is 0.251 e. The molecule has 2 aromatic carbocycles. The normalized spacial score (nSPS) is 15.6. The van der Waals surface area contributed by atoms with Gasteiger partial charge in [-0.1, -0.05) is 24.3 Å². The number of carbonyl (C=O) groups is 1. The third-order valence-electron chi connectivity index (χ3n) is 5.25. The lowest BCUT2D eigenvalue weighted by molar-refractivity contribution is 0.0393.